The topological polar surface area (TPSA) is 70.2 Å². The summed E-state index contributed by atoms with van der Waals surface area (Å²) < 4.78 is 19.7. The van der Waals surface area contributed by atoms with E-state index in [0.29, 0.717) is 29.8 Å². The number of aromatic amines is 1. The fourth-order valence-corrected chi connectivity index (χ4v) is 3.29. The van der Waals surface area contributed by atoms with Crippen molar-refractivity contribution in [3.05, 3.63) is 60.7 Å². The number of halogens is 1. The van der Waals surface area contributed by atoms with Crippen molar-refractivity contribution in [3.63, 3.8) is 0 Å². The second kappa shape index (κ2) is 7.11. The van der Waals surface area contributed by atoms with Crippen LogP contribution in [0.1, 0.15) is 6.42 Å². The fraction of sp³-hybridized carbons (Fsp3) is 0.200. The Morgan fingerprint density at radius 2 is 2.19 bits per heavy atom. The van der Waals surface area contributed by atoms with E-state index in [1.807, 2.05) is 24.3 Å². The van der Waals surface area contributed by atoms with Crippen molar-refractivity contribution >= 4 is 17.3 Å². The number of hydrogen-bond donors (Lipinski definition) is 2. The second-order valence-corrected chi connectivity index (χ2v) is 6.36. The molecule has 27 heavy (non-hydrogen) atoms. The van der Waals surface area contributed by atoms with E-state index in [1.165, 1.54) is 6.07 Å². The molecule has 4 rings (SSSR count). The zero-order valence-corrected chi connectivity index (χ0v) is 14.8. The first kappa shape index (κ1) is 17.1. The summed E-state index contributed by atoms with van der Waals surface area (Å²) in [5.41, 5.74) is 2.49. The molecule has 138 valence electrons. The highest BCUT2D eigenvalue weighted by Gasteiger charge is 2.32. The third-order valence-electron chi connectivity index (χ3n) is 4.69. The summed E-state index contributed by atoms with van der Waals surface area (Å²) >= 11 is 0. The van der Waals surface area contributed by atoms with E-state index in [9.17, 15) is 9.18 Å². The van der Waals surface area contributed by atoms with Crippen LogP contribution in [0, 0.1) is 5.82 Å². The van der Waals surface area contributed by atoms with Crippen LogP contribution in [0.4, 0.5) is 15.8 Å². The SMILES string of the molecule is COc1cccc(NC2CCN(c3ccc(-c4cn[nH]c4)c(F)c3)C2=O)c1. The molecule has 1 aliphatic heterocycles. The molecule has 0 spiro atoms. The van der Waals surface area contributed by atoms with Crippen molar-refractivity contribution in [1.82, 2.24) is 10.2 Å². The number of H-pyrrole nitrogens is 1. The van der Waals surface area contributed by atoms with Crippen LogP contribution < -0.4 is 15.0 Å². The Morgan fingerprint density at radius 1 is 1.30 bits per heavy atom. The van der Waals surface area contributed by atoms with Crippen LogP contribution >= 0.6 is 0 Å². The molecule has 0 aliphatic carbocycles. The van der Waals surface area contributed by atoms with Gasteiger partial charge in [-0.15, -0.1) is 0 Å². The maximum Gasteiger partial charge on any atom is 0.249 e. The van der Waals surface area contributed by atoms with Crippen molar-refractivity contribution in [1.29, 1.82) is 0 Å². The van der Waals surface area contributed by atoms with Gasteiger partial charge in [0.05, 0.1) is 13.3 Å². The van der Waals surface area contributed by atoms with Crippen LogP contribution in [0.2, 0.25) is 0 Å². The Balaban J connectivity index is 1.51. The molecule has 7 heteroatoms. The Labute approximate surface area is 156 Å². The van der Waals surface area contributed by atoms with Gasteiger partial charge >= 0.3 is 0 Å². The normalized spacial score (nSPS) is 16.6. The third-order valence-corrected chi connectivity index (χ3v) is 4.69. The number of aromatic nitrogens is 2. The number of hydrogen-bond acceptors (Lipinski definition) is 4. The van der Waals surface area contributed by atoms with E-state index in [2.05, 4.69) is 15.5 Å². The number of anilines is 2. The molecule has 6 nitrogen and oxygen atoms in total. The lowest BCUT2D eigenvalue weighted by molar-refractivity contribution is -0.117. The smallest absolute Gasteiger partial charge is 0.249 e. The van der Waals surface area contributed by atoms with Crippen LogP contribution in [-0.2, 0) is 4.79 Å². The highest BCUT2D eigenvalue weighted by Crippen LogP contribution is 2.29. The highest BCUT2D eigenvalue weighted by atomic mass is 19.1. The summed E-state index contributed by atoms with van der Waals surface area (Å²) in [6.07, 6.45) is 3.83. The quantitative estimate of drug-likeness (QED) is 0.726. The highest BCUT2D eigenvalue weighted by molar-refractivity contribution is 6.01. The summed E-state index contributed by atoms with van der Waals surface area (Å²) in [6, 6.07) is 11.9. The summed E-state index contributed by atoms with van der Waals surface area (Å²) in [5, 5.41) is 9.75. The molecule has 0 bridgehead atoms. The molecule has 2 heterocycles. The minimum Gasteiger partial charge on any atom is -0.497 e. The number of benzene rings is 2. The molecule has 1 saturated heterocycles. The summed E-state index contributed by atoms with van der Waals surface area (Å²) in [6.45, 7) is 0.533. The van der Waals surface area contributed by atoms with Gasteiger partial charge in [-0.2, -0.15) is 5.10 Å². The molecule has 1 unspecified atom stereocenters. The average Bonchev–Trinajstić information content (AvgIpc) is 3.33. The van der Waals surface area contributed by atoms with Gasteiger partial charge in [-0.05, 0) is 36.8 Å². The Morgan fingerprint density at radius 3 is 2.93 bits per heavy atom. The molecule has 1 amide bonds. The van der Waals surface area contributed by atoms with Gasteiger partial charge in [0.25, 0.3) is 0 Å². The first-order valence-electron chi connectivity index (χ1n) is 8.66. The zero-order chi connectivity index (χ0) is 18.8. The number of methoxy groups -OCH3 is 1. The van der Waals surface area contributed by atoms with Gasteiger partial charge in [-0.25, -0.2) is 4.39 Å². The number of nitrogens with one attached hydrogen (secondary N) is 2. The number of nitrogens with zero attached hydrogens (tertiary/aromatic N) is 2. The lowest BCUT2D eigenvalue weighted by Crippen LogP contribution is -2.33. The van der Waals surface area contributed by atoms with E-state index in [0.717, 1.165) is 11.4 Å². The van der Waals surface area contributed by atoms with E-state index in [4.69, 9.17) is 4.74 Å². The molecule has 2 N–H and O–H groups in total. The van der Waals surface area contributed by atoms with Gasteiger partial charge < -0.3 is 15.0 Å². The molecule has 1 aromatic heterocycles. The van der Waals surface area contributed by atoms with E-state index >= 15 is 0 Å². The van der Waals surface area contributed by atoms with Crippen LogP contribution in [-0.4, -0.2) is 35.8 Å². The van der Waals surface area contributed by atoms with Crippen LogP contribution in [0.25, 0.3) is 11.1 Å². The number of carbonyl (C=O) groups excluding carboxylic acids is 1. The lowest BCUT2D eigenvalue weighted by Gasteiger charge is -2.18. The summed E-state index contributed by atoms with van der Waals surface area (Å²) in [7, 11) is 1.60. The Kier molecular flexibility index (Phi) is 4.50. The summed E-state index contributed by atoms with van der Waals surface area (Å²) in [5.74, 6) is 0.262. The number of ether oxygens (including phenoxy) is 1. The van der Waals surface area contributed by atoms with Gasteiger partial charge in [-0.3, -0.25) is 9.89 Å². The predicted octanol–water partition coefficient (Wildman–Crippen LogP) is 3.44. The van der Waals surface area contributed by atoms with Gasteiger partial charge in [0.15, 0.2) is 0 Å². The van der Waals surface area contributed by atoms with E-state index in [1.54, 1.807) is 36.5 Å². The maximum atomic E-state index is 14.5. The number of amides is 1. The van der Waals surface area contributed by atoms with Crippen molar-refractivity contribution in [2.24, 2.45) is 0 Å². The van der Waals surface area contributed by atoms with Gasteiger partial charge in [-0.1, -0.05) is 6.07 Å². The molecule has 1 fully saturated rings. The maximum absolute atomic E-state index is 14.5. The Bertz CT molecular complexity index is 958. The van der Waals surface area contributed by atoms with Crippen LogP contribution in [0.15, 0.2) is 54.9 Å². The van der Waals surface area contributed by atoms with Crippen molar-refractivity contribution in [3.8, 4) is 16.9 Å². The second-order valence-electron chi connectivity index (χ2n) is 6.36. The molecule has 0 radical (unpaired) electrons. The fourth-order valence-electron chi connectivity index (χ4n) is 3.29. The molecule has 1 atom stereocenters. The monoisotopic (exact) mass is 366 g/mol. The minimum absolute atomic E-state index is 0.0757. The molecule has 3 aromatic rings. The van der Waals surface area contributed by atoms with Crippen LogP contribution in [0.5, 0.6) is 5.75 Å². The Hall–Kier alpha value is -3.35. The summed E-state index contributed by atoms with van der Waals surface area (Å²) in [4.78, 5) is 14.4. The zero-order valence-electron chi connectivity index (χ0n) is 14.8. The molecular formula is C20H19FN4O2. The van der Waals surface area contributed by atoms with Gasteiger partial charge in [0.1, 0.15) is 17.6 Å². The average molecular weight is 366 g/mol. The van der Waals surface area contributed by atoms with E-state index in [-0.39, 0.29) is 17.8 Å². The molecular weight excluding hydrogens is 347 g/mol. The third kappa shape index (κ3) is 3.36. The largest absolute Gasteiger partial charge is 0.497 e. The lowest BCUT2D eigenvalue weighted by atomic mass is 10.1. The van der Waals surface area contributed by atoms with Gasteiger partial charge in [0, 0.05) is 41.3 Å². The minimum atomic E-state index is -0.383. The molecule has 1 aliphatic rings. The first-order chi connectivity index (χ1) is 13.2. The number of carbonyl (C=O) groups is 1. The van der Waals surface area contributed by atoms with E-state index < -0.39 is 0 Å². The molecule has 0 saturated carbocycles. The van der Waals surface area contributed by atoms with Crippen molar-refractivity contribution < 1.29 is 13.9 Å². The standard InChI is InChI=1S/C20H19FN4O2/c1-27-16-4-2-3-14(9-16)24-19-7-8-25(20(19)26)15-5-6-17(18(21)10-15)13-11-22-23-12-13/h2-6,9-12,19,24H,7-8H2,1H3,(H,22,23). The van der Waals surface area contributed by atoms with Crippen molar-refractivity contribution in [2.45, 2.75) is 12.5 Å². The van der Waals surface area contributed by atoms with Crippen molar-refractivity contribution in [2.75, 3.05) is 23.9 Å². The molecule has 2 aromatic carbocycles. The first-order valence-corrected chi connectivity index (χ1v) is 8.66. The van der Waals surface area contributed by atoms with Gasteiger partial charge in [0.2, 0.25) is 5.91 Å². The predicted molar refractivity (Wildman–Crippen MR) is 101 cm³/mol. The number of rotatable bonds is 5. The van der Waals surface area contributed by atoms with Crippen LogP contribution in [0.3, 0.4) is 0 Å².